The molecule has 0 radical (unpaired) electrons. The van der Waals surface area contributed by atoms with Crippen LogP contribution in [0.2, 0.25) is 0 Å². The Labute approximate surface area is 145 Å². The number of halogens is 1. The molecule has 9 heteroatoms. The van der Waals surface area contributed by atoms with E-state index in [4.69, 9.17) is 5.11 Å². The summed E-state index contributed by atoms with van der Waals surface area (Å²) in [6.45, 7) is -0.130. The maximum atomic E-state index is 12.8. The average Bonchev–Trinajstić information content (AvgIpc) is 2.94. The first kappa shape index (κ1) is 19.3. The number of carboxylic acid groups (broad SMARTS) is 1. The molecule has 1 aliphatic rings. The molecule has 1 aromatic rings. The Bertz CT molecular complexity index is 727. The van der Waals surface area contributed by atoms with E-state index in [9.17, 15) is 22.4 Å². The number of sulfonamides is 1. The van der Waals surface area contributed by atoms with Crippen LogP contribution < -0.4 is 10.0 Å². The van der Waals surface area contributed by atoms with E-state index in [0.717, 1.165) is 37.1 Å². The third-order valence-corrected chi connectivity index (χ3v) is 5.70. The van der Waals surface area contributed by atoms with Crippen molar-refractivity contribution in [2.24, 2.45) is 0 Å². The zero-order valence-corrected chi connectivity index (χ0v) is 14.4. The molecule has 0 bridgehead atoms. The molecule has 1 amide bonds. The quantitative estimate of drug-likeness (QED) is 0.638. The van der Waals surface area contributed by atoms with Crippen LogP contribution in [0, 0.1) is 5.82 Å². The van der Waals surface area contributed by atoms with Crippen molar-refractivity contribution in [3.05, 3.63) is 30.1 Å². The number of carbonyl (C=O) groups excluding carboxylic acids is 1. The third kappa shape index (κ3) is 5.50. The summed E-state index contributed by atoms with van der Waals surface area (Å²) in [5.41, 5.74) is -0.737. The van der Waals surface area contributed by atoms with Crippen molar-refractivity contribution in [3.8, 4) is 0 Å². The molecule has 0 unspecified atom stereocenters. The van der Waals surface area contributed by atoms with Gasteiger partial charge in [0.05, 0.1) is 16.9 Å². The van der Waals surface area contributed by atoms with Gasteiger partial charge >= 0.3 is 5.97 Å². The van der Waals surface area contributed by atoms with Crippen LogP contribution in [0.4, 0.5) is 4.39 Å². The van der Waals surface area contributed by atoms with Crippen molar-refractivity contribution in [1.29, 1.82) is 0 Å². The normalized spacial score (nSPS) is 16.5. The fourth-order valence-corrected chi connectivity index (χ4v) is 4.07. The Morgan fingerprint density at radius 1 is 1.16 bits per heavy atom. The third-order valence-electron chi connectivity index (χ3n) is 4.22. The van der Waals surface area contributed by atoms with Crippen molar-refractivity contribution in [3.63, 3.8) is 0 Å². The fourth-order valence-electron chi connectivity index (χ4n) is 3.04. The second-order valence-electron chi connectivity index (χ2n) is 6.21. The number of hydrogen-bond acceptors (Lipinski definition) is 4. The highest BCUT2D eigenvalue weighted by atomic mass is 32.2. The summed E-state index contributed by atoms with van der Waals surface area (Å²) in [6.07, 6.45) is 2.66. The van der Waals surface area contributed by atoms with Crippen LogP contribution in [-0.4, -0.2) is 37.5 Å². The van der Waals surface area contributed by atoms with Gasteiger partial charge in [-0.3, -0.25) is 9.59 Å². The van der Waals surface area contributed by atoms with Gasteiger partial charge in [-0.1, -0.05) is 12.8 Å². The van der Waals surface area contributed by atoms with Gasteiger partial charge in [-0.05, 0) is 37.1 Å². The minimum absolute atomic E-state index is 0.0903. The van der Waals surface area contributed by atoms with Gasteiger partial charge in [0.15, 0.2) is 0 Å². The van der Waals surface area contributed by atoms with Crippen molar-refractivity contribution < 1.29 is 27.5 Å². The molecule has 1 fully saturated rings. The first-order chi connectivity index (χ1) is 11.7. The van der Waals surface area contributed by atoms with Crippen molar-refractivity contribution in [1.82, 2.24) is 10.0 Å². The van der Waals surface area contributed by atoms with Crippen LogP contribution in [0.1, 0.15) is 38.5 Å². The number of rotatable bonds is 8. The molecule has 2 rings (SSSR count). The standard InChI is InChI=1S/C16H21FN2O5S/c17-12-3-5-13(6-4-12)25(23,24)18-10-7-14(20)19-16(11-15(21)22)8-1-2-9-16/h3-6,18H,1-2,7-11H2,(H,19,20)(H,21,22). The summed E-state index contributed by atoms with van der Waals surface area (Å²) in [7, 11) is -3.82. The molecule has 1 saturated carbocycles. The molecule has 1 aromatic carbocycles. The molecule has 0 saturated heterocycles. The van der Waals surface area contributed by atoms with Crippen molar-refractivity contribution in [2.45, 2.75) is 49.0 Å². The molecule has 0 atom stereocenters. The summed E-state index contributed by atoms with van der Waals surface area (Å²) in [5.74, 6) is -1.91. The van der Waals surface area contributed by atoms with Gasteiger partial charge in [0.25, 0.3) is 0 Å². The number of aliphatic carboxylic acids is 1. The first-order valence-corrected chi connectivity index (χ1v) is 9.49. The van der Waals surface area contributed by atoms with E-state index >= 15 is 0 Å². The highest BCUT2D eigenvalue weighted by molar-refractivity contribution is 7.89. The van der Waals surface area contributed by atoms with Gasteiger partial charge in [0, 0.05) is 13.0 Å². The van der Waals surface area contributed by atoms with Crippen LogP contribution >= 0.6 is 0 Å². The highest BCUT2D eigenvalue weighted by Crippen LogP contribution is 2.32. The summed E-state index contributed by atoms with van der Waals surface area (Å²) in [6, 6.07) is 4.35. The lowest BCUT2D eigenvalue weighted by atomic mass is 9.93. The lowest BCUT2D eigenvalue weighted by molar-refractivity contribution is -0.139. The minimum atomic E-state index is -3.82. The van der Waals surface area contributed by atoms with Gasteiger partial charge in [-0.15, -0.1) is 0 Å². The first-order valence-electron chi connectivity index (χ1n) is 8.01. The summed E-state index contributed by atoms with van der Waals surface area (Å²) in [4.78, 5) is 23.0. The van der Waals surface area contributed by atoms with Gasteiger partial charge < -0.3 is 10.4 Å². The zero-order valence-electron chi connectivity index (χ0n) is 13.6. The molecular weight excluding hydrogens is 351 g/mol. The molecule has 25 heavy (non-hydrogen) atoms. The van der Waals surface area contributed by atoms with Crippen LogP contribution in [-0.2, 0) is 19.6 Å². The van der Waals surface area contributed by atoms with Crippen molar-refractivity contribution in [2.75, 3.05) is 6.54 Å². The maximum Gasteiger partial charge on any atom is 0.305 e. The number of nitrogens with one attached hydrogen (secondary N) is 2. The monoisotopic (exact) mass is 372 g/mol. The zero-order chi connectivity index (χ0) is 18.5. The van der Waals surface area contributed by atoms with Crippen LogP contribution in [0.5, 0.6) is 0 Å². The van der Waals surface area contributed by atoms with Crippen molar-refractivity contribution >= 4 is 21.9 Å². The Balaban J connectivity index is 1.87. The van der Waals surface area contributed by atoms with Crippen LogP contribution in [0.3, 0.4) is 0 Å². The van der Waals surface area contributed by atoms with E-state index in [0.29, 0.717) is 12.8 Å². The van der Waals surface area contributed by atoms with Gasteiger partial charge in [-0.2, -0.15) is 0 Å². The Hall–Kier alpha value is -2.00. The van der Waals surface area contributed by atoms with Crippen LogP contribution in [0.25, 0.3) is 0 Å². The summed E-state index contributed by atoms with van der Waals surface area (Å²) < 4.78 is 39.2. The van der Waals surface area contributed by atoms with Gasteiger partial charge in [0.1, 0.15) is 5.82 Å². The second-order valence-corrected chi connectivity index (χ2v) is 7.97. The molecule has 1 aliphatic carbocycles. The lowest BCUT2D eigenvalue weighted by Crippen LogP contribution is -2.48. The topological polar surface area (TPSA) is 113 Å². The predicted octanol–water partition coefficient (Wildman–Crippen LogP) is 1.40. The van der Waals surface area contributed by atoms with E-state index in [2.05, 4.69) is 10.0 Å². The fraction of sp³-hybridized carbons (Fsp3) is 0.500. The summed E-state index contributed by atoms with van der Waals surface area (Å²) >= 11 is 0. The smallest absolute Gasteiger partial charge is 0.305 e. The Kier molecular flexibility index (Phi) is 6.12. The molecule has 0 aliphatic heterocycles. The van der Waals surface area contributed by atoms with E-state index in [1.54, 1.807) is 0 Å². The molecule has 7 nitrogen and oxygen atoms in total. The number of benzene rings is 1. The van der Waals surface area contributed by atoms with Gasteiger partial charge in [-0.25, -0.2) is 17.5 Å². The Morgan fingerprint density at radius 2 is 1.76 bits per heavy atom. The molecular formula is C16H21FN2O5S. The molecule has 0 aromatic heterocycles. The molecule has 0 spiro atoms. The Morgan fingerprint density at radius 3 is 2.32 bits per heavy atom. The highest BCUT2D eigenvalue weighted by Gasteiger charge is 2.37. The average molecular weight is 372 g/mol. The predicted molar refractivity (Wildman–Crippen MR) is 87.8 cm³/mol. The minimum Gasteiger partial charge on any atom is -0.481 e. The molecule has 0 heterocycles. The van der Waals surface area contributed by atoms with E-state index in [1.807, 2.05) is 0 Å². The largest absolute Gasteiger partial charge is 0.481 e. The molecule has 3 N–H and O–H groups in total. The number of carboxylic acids is 1. The lowest BCUT2D eigenvalue weighted by Gasteiger charge is -2.28. The maximum absolute atomic E-state index is 12.8. The SMILES string of the molecule is O=C(O)CC1(NC(=O)CCNS(=O)(=O)c2ccc(F)cc2)CCCC1. The second kappa shape index (κ2) is 7.92. The summed E-state index contributed by atoms with van der Waals surface area (Å²) in [5, 5.41) is 11.8. The van der Waals surface area contributed by atoms with Gasteiger partial charge in [0.2, 0.25) is 15.9 Å². The molecule has 138 valence electrons. The van der Waals surface area contributed by atoms with E-state index in [1.165, 1.54) is 0 Å². The number of hydrogen-bond donors (Lipinski definition) is 3. The van der Waals surface area contributed by atoms with E-state index < -0.39 is 33.3 Å². The van der Waals surface area contributed by atoms with Crippen LogP contribution in [0.15, 0.2) is 29.2 Å². The number of carbonyl (C=O) groups is 2. The number of amides is 1. The van der Waals surface area contributed by atoms with E-state index in [-0.39, 0.29) is 24.3 Å².